The maximum atomic E-state index is 5.35. The van der Waals surface area contributed by atoms with Gasteiger partial charge in [0, 0.05) is 19.5 Å². The molecule has 3 aromatic rings. The van der Waals surface area contributed by atoms with Crippen LogP contribution in [0.1, 0.15) is 18.3 Å². The Morgan fingerprint density at radius 3 is 2.76 bits per heavy atom. The SMILES string of the molecule is CCNC(=NCc1ccc(OC)c(OC)c1)NCCc1nc(-c2ccco2)n[nH]1. The molecule has 0 aliphatic rings. The molecule has 154 valence electrons. The average molecular weight is 398 g/mol. The maximum absolute atomic E-state index is 5.35. The lowest BCUT2D eigenvalue weighted by Crippen LogP contribution is -2.38. The fourth-order valence-corrected chi connectivity index (χ4v) is 2.71. The van der Waals surface area contributed by atoms with E-state index < -0.39 is 0 Å². The molecule has 0 aliphatic heterocycles. The number of H-pyrrole nitrogens is 1. The molecule has 0 bridgehead atoms. The summed E-state index contributed by atoms with van der Waals surface area (Å²) in [5, 5.41) is 13.7. The van der Waals surface area contributed by atoms with Crippen molar-refractivity contribution in [2.45, 2.75) is 19.9 Å². The second kappa shape index (κ2) is 10.2. The molecule has 0 aliphatic carbocycles. The Morgan fingerprint density at radius 1 is 1.17 bits per heavy atom. The van der Waals surface area contributed by atoms with E-state index in [9.17, 15) is 0 Å². The number of rotatable bonds is 9. The van der Waals surface area contributed by atoms with E-state index in [1.807, 2.05) is 37.3 Å². The minimum Gasteiger partial charge on any atom is -0.493 e. The minimum absolute atomic E-state index is 0.515. The lowest BCUT2D eigenvalue weighted by Gasteiger charge is -2.11. The number of guanidine groups is 1. The molecule has 1 aromatic carbocycles. The second-order valence-corrected chi connectivity index (χ2v) is 6.14. The van der Waals surface area contributed by atoms with E-state index in [2.05, 4.69) is 30.8 Å². The molecule has 0 saturated carbocycles. The molecule has 9 nitrogen and oxygen atoms in total. The van der Waals surface area contributed by atoms with Crippen molar-refractivity contribution in [3.05, 3.63) is 48.0 Å². The van der Waals surface area contributed by atoms with E-state index in [-0.39, 0.29) is 0 Å². The van der Waals surface area contributed by atoms with Crippen LogP contribution in [0.15, 0.2) is 46.0 Å². The summed E-state index contributed by atoms with van der Waals surface area (Å²) in [6.45, 7) is 3.97. The van der Waals surface area contributed by atoms with E-state index in [1.165, 1.54) is 0 Å². The number of aromatic nitrogens is 3. The topological polar surface area (TPSA) is 110 Å². The van der Waals surface area contributed by atoms with Crippen LogP contribution in [-0.2, 0) is 13.0 Å². The van der Waals surface area contributed by atoms with Gasteiger partial charge in [0.05, 0.1) is 27.0 Å². The Labute approximate surface area is 169 Å². The summed E-state index contributed by atoms with van der Waals surface area (Å²) in [5.41, 5.74) is 1.03. The highest BCUT2D eigenvalue weighted by Gasteiger charge is 2.08. The van der Waals surface area contributed by atoms with Gasteiger partial charge in [-0.15, -0.1) is 0 Å². The zero-order valence-electron chi connectivity index (χ0n) is 16.9. The predicted molar refractivity (Wildman–Crippen MR) is 110 cm³/mol. The van der Waals surface area contributed by atoms with Crippen LogP contribution in [0, 0.1) is 0 Å². The number of ether oxygens (including phenoxy) is 2. The molecule has 0 unspecified atom stereocenters. The Morgan fingerprint density at radius 2 is 2.03 bits per heavy atom. The number of furan rings is 1. The van der Waals surface area contributed by atoms with Crippen molar-refractivity contribution in [1.82, 2.24) is 25.8 Å². The summed E-state index contributed by atoms with van der Waals surface area (Å²) in [7, 11) is 3.24. The highest BCUT2D eigenvalue weighted by Crippen LogP contribution is 2.27. The molecule has 0 amide bonds. The average Bonchev–Trinajstić information content (AvgIpc) is 3.43. The molecule has 9 heteroatoms. The molecule has 0 fully saturated rings. The van der Waals surface area contributed by atoms with E-state index in [0.29, 0.717) is 42.6 Å². The summed E-state index contributed by atoms with van der Waals surface area (Å²) in [6.07, 6.45) is 2.28. The summed E-state index contributed by atoms with van der Waals surface area (Å²) < 4.78 is 15.9. The number of hydrogen-bond donors (Lipinski definition) is 3. The summed E-state index contributed by atoms with van der Waals surface area (Å²) >= 11 is 0. The van der Waals surface area contributed by atoms with Crippen molar-refractivity contribution in [2.24, 2.45) is 4.99 Å². The van der Waals surface area contributed by atoms with Crippen LogP contribution in [0.3, 0.4) is 0 Å². The first-order chi connectivity index (χ1) is 14.2. The van der Waals surface area contributed by atoms with Crippen LogP contribution in [-0.4, -0.2) is 48.5 Å². The van der Waals surface area contributed by atoms with Gasteiger partial charge in [-0.1, -0.05) is 6.07 Å². The highest BCUT2D eigenvalue weighted by molar-refractivity contribution is 5.79. The normalized spacial score (nSPS) is 11.3. The molecule has 2 aromatic heterocycles. The van der Waals surface area contributed by atoms with E-state index >= 15 is 0 Å². The number of benzene rings is 1. The fraction of sp³-hybridized carbons (Fsp3) is 0.350. The van der Waals surface area contributed by atoms with E-state index in [1.54, 1.807) is 20.5 Å². The first-order valence-corrected chi connectivity index (χ1v) is 9.41. The Hall–Kier alpha value is -3.49. The predicted octanol–water partition coefficient (Wildman–Crippen LogP) is 2.38. The van der Waals surface area contributed by atoms with Crippen LogP contribution in [0.4, 0.5) is 0 Å². The van der Waals surface area contributed by atoms with Crippen LogP contribution < -0.4 is 20.1 Å². The lowest BCUT2D eigenvalue weighted by molar-refractivity contribution is 0.354. The van der Waals surface area contributed by atoms with Gasteiger partial charge in [0.15, 0.2) is 23.2 Å². The monoisotopic (exact) mass is 398 g/mol. The van der Waals surface area contributed by atoms with Crippen molar-refractivity contribution in [2.75, 3.05) is 27.3 Å². The number of nitrogens with one attached hydrogen (secondary N) is 3. The molecular formula is C20H26N6O3. The third kappa shape index (κ3) is 5.50. The van der Waals surface area contributed by atoms with Gasteiger partial charge in [-0.3, -0.25) is 5.10 Å². The second-order valence-electron chi connectivity index (χ2n) is 6.14. The van der Waals surface area contributed by atoms with Crippen molar-refractivity contribution in [1.29, 1.82) is 0 Å². The Bertz CT molecular complexity index is 920. The standard InChI is InChI=1S/C20H26N6O3/c1-4-21-20(23-13-14-7-8-15(27-2)17(12-14)28-3)22-10-9-18-24-19(26-25-18)16-6-5-11-29-16/h5-8,11-12H,4,9-10,13H2,1-3H3,(H2,21,22,23)(H,24,25,26). The first-order valence-electron chi connectivity index (χ1n) is 9.41. The van der Waals surface area contributed by atoms with Crippen LogP contribution in [0.2, 0.25) is 0 Å². The zero-order chi connectivity index (χ0) is 20.5. The molecule has 29 heavy (non-hydrogen) atoms. The molecule has 0 atom stereocenters. The number of aromatic amines is 1. The van der Waals surface area contributed by atoms with Gasteiger partial charge in [-0.05, 0) is 36.8 Å². The molecule has 3 rings (SSSR count). The molecule has 2 heterocycles. The summed E-state index contributed by atoms with van der Waals surface area (Å²) in [5.74, 6) is 4.10. The molecule has 0 spiro atoms. The van der Waals surface area contributed by atoms with Crippen LogP contribution in [0.25, 0.3) is 11.6 Å². The van der Waals surface area contributed by atoms with Crippen LogP contribution in [0.5, 0.6) is 11.5 Å². The van der Waals surface area contributed by atoms with E-state index in [0.717, 1.165) is 23.9 Å². The first kappa shape index (κ1) is 20.2. The summed E-state index contributed by atoms with van der Waals surface area (Å²) in [4.78, 5) is 9.07. The number of nitrogens with zero attached hydrogens (tertiary/aromatic N) is 3. The number of aliphatic imine (C=N–C) groups is 1. The van der Waals surface area contributed by atoms with Gasteiger partial charge in [0.1, 0.15) is 5.82 Å². The van der Waals surface area contributed by atoms with Gasteiger partial charge < -0.3 is 24.5 Å². The van der Waals surface area contributed by atoms with Gasteiger partial charge in [0.25, 0.3) is 0 Å². The van der Waals surface area contributed by atoms with Gasteiger partial charge in [-0.2, -0.15) is 5.10 Å². The Kier molecular flexibility index (Phi) is 7.10. The summed E-state index contributed by atoms with van der Waals surface area (Å²) in [6, 6.07) is 9.42. The van der Waals surface area contributed by atoms with Gasteiger partial charge in [-0.25, -0.2) is 9.98 Å². The molecule has 3 N–H and O–H groups in total. The highest BCUT2D eigenvalue weighted by atomic mass is 16.5. The number of hydrogen-bond acceptors (Lipinski definition) is 6. The molecular weight excluding hydrogens is 372 g/mol. The van der Waals surface area contributed by atoms with Gasteiger partial charge in [0.2, 0.25) is 5.82 Å². The largest absolute Gasteiger partial charge is 0.493 e. The number of methoxy groups -OCH3 is 2. The van der Waals surface area contributed by atoms with Crippen molar-refractivity contribution in [3.8, 4) is 23.1 Å². The van der Waals surface area contributed by atoms with Crippen molar-refractivity contribution >= 4 is 5.96 Å². The van der Waals surface area contributed by atoms with Crippen molar-refractivity contribution < 1.29 is 13.9 Å². The molecule has 0 saturated heterocycles. The lowest BCUT2D eigenvalue weighted by atomic mass is 10.2. The van der Waals surface area contributed by atoms with E-state index in [4.69, 9.17) is 13.9 Å². The fourth-order valence-electron chi connectivity index (χ4n) is 2.71. The quantitative estimate of drug-likeness (QED) is 0.375. The smallest absolute Gasteiger partial charge is 0.216 e. The van der Waals surface area contributed by atoms with Crippen molar-refractivity contribution in [3.63, 3.8) is 0 Å². The third-order valence-corrected chi connectivity index (χ3v) is 4.14. The minimum atomic E-state index is 0.515. The van der Waals surface area contributed by atoms with Gasteiger partial charge >= 0.3 is 0 Å². The maximum Gasteiger partial charge on any atom is 0.216 e. The molecule has 0 radical (unpaired) electrons. The zero-order valence-corrected chi connectivity index (χ0v) is 16.9. The Balaban J connectivity index is 1.55. The third-order valence-electron chi connectivity index (χ3n) is 4.14. The van der Waals surface area contributed by atoms with Crippen LogP contribution >= 0.6 is 0 Å².